The van der Waals surface area contributed by atoms with E-state index in [0.717, 1.165) is 18.2 Å². The minimum atomic E-state index is -5.14. The number of anilines is 2. The second-order valence-corrected chi connectivity index (χ2v) is 7.20. The van der Waals surface area contributed by atoms with Crippen LogP contribution in [0.3, 0.4) is 0 Å². The maximum absolute atomic E-state index is 13.4. The van der Waals surface area contributed by atoms with Crippen molar-refractivity contribution in [1.82, 2.24) is 5.32 Å². The van der Waals surface area contributed by atoms with Crippen LogP contribution in [0.15, 0.2) is 36.4 Å². The summed E-state index contributed by atoms with van der Waals surface area (Å²) in [6.07, 6.45) is -10.3. The van der Waals surface area contributed by atoms with Crippen molar-refractivity contribution in [3.8, 4) is 0 Å². The van der Waals surface area contributed by atoms with Crippen molar-refractivity contribution in [3.05, 3.63) is 58.4 Å². The molecule has 2 aromatic carbocycles. The lowest BCUT2D eigenvalue weighted by atomic mass is 10.0. The Balaban J connectivity index is 1.90. The molecule has 3 rings (SSSR count). The lowest BCUT2D eigenvalue weighted by molar-refractivity contribution is -0.143. The summed E-state index contributed by atoms with van der Waals surface area (Å²) in [5, 5.41) is 3.60. The summed E-state index contributed by atoms with van der Waals surface area (Å²) < 4.78 is 91.4. The number of imide groups is 1. The van der Waals surface area contributed by atoms with E-state index in [1.165, 1.54) is 0 Å². The largest absolute Gasteiger partial charge is 0.416 e. The summed E-state index contributed by atoms with van der Waals surface area (Å²) in [5.41, 5.74) is -4.40. The highest BCUT2D eigenvalue weighted by Gasteiger charge is 2.41. The van der Waals surface area contributed by atoms with Crippen LogP contribution in [0.2, 0.25) is 5.02 Å². The number of rotatable bonds is 3. The Bertz CT molecular complexity index is 1100. The molecule has 14 heteroatoms. The van der Waals surface area contributed by atoms with Gasteiger partial charge in [-0.2, -0.15) is 26.3 Å². The molecule has 0 aliphatic carbocycles. The third-order valence-electron chi connectivity index (χ3n) is 4.51. The lowest BCUT2D eigenvalue weighted by Gasteiger charge is -2.30. The zero-order chi connectivity index (χ0) is 24.7. The minimum absolute atomic E-state index is 0.123. The van der Waals surface area contributed by atoms with E-state index in [-0.39, 0.29) is 23.9 Å². The number of carbonyl (C=O) groups excluding carboxylic acids is 3. The molecule has 176 valence electrons. The van der Waals surface area contributed by atoms with Crippen LogP contribution < -0.4 is 15.5 Å². The summed E-state index contributed by atoms with van der Waals surface area (Å²) in [6.45, 7) is -0.583. The van der Waals surface area contributed by atoms with E-state index in [9.17, 15) is 45.1 Å². The van der Waals surface area contributed by atoms with Crippen molar-refractivity contribution in [1.29, 1.82) is 0 Å². The van der Waals surface area contributed by atoms with E-state index >= 15 is 0 Å². The SMILES string of the molecule is O=C(Nc1cc(C(F)(F)F)cc(C(F)(F)F)c1)C1CNC(=O)N(c2ccc(F)c(Cl)c2)C1=O. The maximum Gasteiger partial charge on any atom is 0.416 e. The van der Waals surface area contributed by atoms with Crippen molar-refractivity contribution in [2.45, 2.75) is 12.4 Å². The van der Waals surface area contributed by atoms with Crippen LogP contribution in [-0.2, 0) is 21.9 Å². The fraction of sp³-hybridized carbons (Fsp3) is 0.211. The van der Waals surface area contributed by atoms with Gasteiger partial charge in [0.25, 0.3) is 0 Å². The molecular weight excluding hydrogens is 487 g/mol. The average molecular weight is 498 g/mol. The highest BCUT2D eigenvalue weighted by Crippen LogP contribution is 2.37. The fourth-order valence-electron chi connectivity index (χ4n) is 2.94. The van der Waals surface area contributed by atoms with Crippen LogP contribution in [-0.4, -0.2) is 24.4 Å². The lowest BCUT2D eigenvalue weighted by Crippen LogP contribution is -2.58. The van der Waals surface area contributed by atoms with Gasteiger partial charge in [0.05, 0.1) is 21.8 Å². The van der Waals surface area contributed by atoms with Crippen molar-refractivity contribution >= 4 is 40.8 Å². The Morgan fingerprint density at radius 2 is 1.58 bits per heavy atom. The second-order valence-electron chi connectivity index (χ2n) is 6.79. The molecule has 6 nitrogen and oxygen atoms in total. The molecule has 1 aliphatic rings. The van der Waals surface area contributed by atoms with Crippen LogP contribution in [0.1, 0.15) is 11.1 Å². The second kappa shape index (κ2) is 8.54. The Labute approximate surface area is 185 Å². The maximum atomic E-state index is 13.4. The molecule has 2 N–H and O–H groups in total. The molecule has 0 radical (unpaired) electrons. The monoisotopic (exact) mass is 497 g/mol. The highest BCUT2D eigenvalue weighted by molar-refractivity contribution is 6.31. The van der Waals surface area contributed by atoms with Crippen molar-refractivity contribution in [2.24, 2.45) is 5.92 Å². The number of carbonyl (C=O) groups is 3. The Morgan fingerprint density at radius 3 is 2.09 bits per heavy atom. The van der Waals surface area contributed by atoms with E-state index in [1.54, 1.807) is 0 Å². The Morgan fingerprint density at radius 1 is 1.00 bits per heavy atom. The third kappa shape index (κ3) is 5.18. The number of benzene rings is 2. The predicted octanol–water partition coefficient (Wildman–Crippen LogP) is 4.83. The van der Waals surface area contributed by atoms with Gasteiger partial charge in [-0.25, -0.2) is 14.1 Å². The number of halogens is 8. The smallest absolute Gasteiger partial charge is 0.336 e. The zero-order valence-electron chi connectivity index (χ0n) is 15.9. The van der Waals surface area contributed by atoms with Gasteiger partial charge in [0.1, 0.15) is 11.7 Å². The fourth-order valence-corrected chi connectivity index (χ4v) is 3.12. The Hall–Kier alpha value is -3.35. The molecule has 0 aromatic heterocycles. The van der Waals surface area contributed by atoms with Crippen LogP contribution >= 0.6 is 11.6 Å². The number of urea groups is 1. The Kier molecular flexibility index (Phi) is 6.29. The molecule has 0 spiro atoms. The van der Waals surface area contributed by atoms with Gasteiger partial charge >= 0.3 is 18.4 Å². The van der Waals surface area contributed by atoms with Gasteiger partial charge in [-0.1, -0.05) is 11.6 Å². The molecule has 4 amide bonds. The molecule has 1 heterocycles. The molecule has 0 saturated carbocycles. The molecule has 1 atom stereocenters. The molecule has 2 aromatic rings. The minimum Gasteiger partial charge on any atom is -0.336 e. The first-order chi connectivity index (χ1) is 15.2. The zero-order valence-corrected chi connectivity index (χ0v) is 16.7. The van der Waals surface area contributed by atoms with E-state index in [0.29, 0.717) is 4.90 Å². The topological polar surface area (TPSA) is 78.5 Å². The molecule has 1 unspecified atom stereocenters. The molecule has 1 fully saturated rings. The highest BCUT2D eigenvalue weighted by atomic mass is 35.5. The van der Waals surface area contributed by atoms with Crippen LogP contribution in [0.25, 0.3) is 0 Å². The number of hydrogen-bond acceptors (Lipinski definition) is 3. The van der Waals surface area contributed by atoms with Crippen molar-refractivity contribution in [3.63, 3.8) is 0 Å². The molecule has 1 aliphatic heterocycles. The normalized spacial score (nSPS) is 17.1. The quantitative estimate of drug-likeness (QED) is 0.471. The van der Waals surface area contributed by atoms with Crippen molar-refractivity contribution < 1.29 is 45.1 Å². The van der Waals surface area contributed by atoms with Crippen LogP contribution in [0, 0.1) is 11.7 Å². The molecular formula is C19H11ClF7N3O3. The summed E-state index contributed by atoms with van der Waals surface area (Å²) in [4.78, 5) is 37.8. The van der Waals surface area contributed by atoms with E-state index in [1.807, 2.05) is 5.32 Å². The van der Waals surface area contributed by atoms with Gasteiger partial charge in [-0.15, -0.1) is 0 Å². The summed E-state index contributed by atoms with van der Waals surface area (Å²) in [5.74, 6) is -4.99. The number of nitrogens with one attached hydrogen (secondary N) is 2. The molecule has 33 heavy (non-hydrogen) atoms. The summed E-state index contributed by atoms with van der Waals surface area (Å²) in [7, 11) is 0. The van der Waals surface area contributed by atoms with Gasteiger partial charge in [0.2, 0.25) is 11.8 Å². The van der Waals surface area contributed by atoms with Gasteiger partial charge in [0.15, 0.2) is 0 Å². The van der Waals surface area contributed by atoms with Crippen LogP contribution in [0.5, 0.6) is 0 Å². The van der Waals surface area contributed by atoms with Crippen LogP contribution in [0.4, 0.5) is 46.9 Å². The third-order valence-corrected chi connectivity index (χ3v) is 4.80. The first-order valence-electron chi connectivity index (χ1n) is 8.85. The van der Waals surface area contributed by atoms with Gasteiger partial charge in [0, 0.05) is 12.2 Å². The molecule has 0 bridgehead atoms. The standard InChI is InChI=1S/C19H11ClF7N3O3/c20-13-6-11(1-2-14(13)21)30-16(32)12(7-28-17(30)33)15(31)29-10-4-8(18(22,23)24)3-9(5-10)19(25,26)27/h1-6,12H,7H2,(H,28,33)(H,29,31). The summed E-state index contributed by atoms with van der Waals surface area (Å²) in [6, 6.07) is 2.22. The number of nitrogens with zero attached hydrogens (tertiary/aromatic N) is 1. The first-order valence-corrected chi connectivity index (χ1v) is 9.23. The number of alkyl halides is 6. The number of amides is 4. The van der Waals surface area contributed by atoms with E-state index < -0.39 is 70.3 Å². The van der Waals surface area contributed by atoms with Gasteiger partial charge in [-0.05, 0) is 36.4 Å². The first kappa shape index (κ1) is 24.3. The number of hydrogen-bond donors (Lipinski definition) is 2. The summed E-state index contributed by atoms with van der Waals surface area (Å²) >= 11 is 5.63. The van der Waals surface area contributed by atoms with Gasteiger partial charge in [-0.3, -0.25) is 9.59 Å². The van der Waals surface area contributed by atoms with Crippen molar-refractivity contribution in [2.75, 3.05) is 16.8 Å². The van der Waals surface area contributed by atoms with Gasteiger partial charge < -0.3 is 10.6 Å². The average Bonchev–Trinajstić information content (AvgIpc) is 2.69. The molecule has 1 saturated heterocycles. The van der Waals surface area contributed by atoms with E-state index in [4.69, 9.17) is 11.6 Å². The predicted molar refractivity (Wildman–Crippen MR) is 101 cm³/mol. The van der Waals surface area contributed by atoms with E-state index in [2.05, 4.69) is 5.32 Å².